The predicted molar refractivity (Wildman–Crippen MR) is 203 cm³/mol. The number of aromatic carboxylic acids is 2. The number of pyridine rings is 2. The van der Waals surface area contributed by atoms with Gasteiger partial charge in [-0.15, -0.1) is 13.2 Å². The molecule has 0 amide bonds. The Bertz CT molecular complexity index is 2530. The van der Waals surface area contributed by atoms with Crippen LogP contribution in [0, 0.1) is 23.3 Å². The maximum absolute atomic E-state index is 14.7. The molecule has 2 aromatic heterocycles. The van der Waals surface area contributed by atoms with Gasteiger partial charge in [0.25, 0.3) is 0 Å². The first-order valence-electron chi connectivity index (χ1n) is 17.1. The van der Waals surface area contributed by atoms with E-state index in [1.54, 1.807) is 24.3 Å². The minimum absolute atomic E-state index is 0.0336. The molecule has 1 aliphatic carbocycles. The number of methoxy groups -OCH3 is 1. The fraction of sp³-hybridized carbons (Fsp3) is 0.122. The van der Waals surface area contributed by atoms with Crippen LogP contribution in [-0.2, 0) is 0 Å². The van der Waals surface area contributed by atoms with E-state index in [-0.39, 0.29) is 44.8 Å². The van der Waals surface area contributed by atoms with Crippen molar-refractivity contribution in [3.63, 3.8) is 0 Å². The van der Waals surface area contributed by atoms with Crippen LogP contribution in [0.4, 0.5) is 53.7 Å². The van der Waals surface area contributed by atoms with Crippen LogP contribution in [0.3, 0.4) is 0 Å². The van der Waals surface area contributed by atoms with Gasteiger partial charge >= 0.3 is 18.3 Å². The number of rotatable bonds is 11. The first-order valence-corrected chi connectivity index (χ1v) is 17.5. The van der Waals surface area contributed by atoms with Crippen molar-refractivity contribution in [2.75, 3.05) is 17.7 Å². The first-order chi connectivity index (χ1) is 28.0. The summed E-state index contributed by atoms with van der Waals surface area (Å²) >= 11 is 5.73. The van der Waals surface area contributed by atoms with Crippen LogP contribution in [0.5, 0.6) is 11.5 Å². The zero-order valence-corrected chi connectivity index (χ0v) is 30.9. The van der Waals surface area contributed by atoms with E-state index in [9.17, 15) is 50.5 Å². The van der Waals surface area contributed by atoms with Gasteiger partial charge < -0.3 is 30.3 Å². The third kappa shape index (κ3) is 10.4. The minimum atomic E-state index is -4.91. The topological polar surface area (TPSA) is 143 Å². The highest BCUT2D eigenvalue weighted by Crippen LogP contribution is 2.41. The lowest BCUT2D eigenvalue weighted by Gasteiger charge is -2.14. The molecule has 0 atom stereocenters. The van der Waals surface area contributed by atoms with E-state index < -0.39 is 58.7 Å². The minimum Gasteiger partial charge on any atom is -0.497 e. The Labute approximate surface area is 334 Å². The van der Waals surface area contributed by atoms with Crippen LogP contribution < -0.4 is 20.1 Å². The molecule has 6 aromatic rings. The summed E-state index contributed by atoms with van der Waals surface area (Å²) in [6.07, 6.45) is -0.423. The van der Waals surface area contributed by atoms with Gasteiger partial charge in [-0.1, -0.05) is 35.9 Å². The van der Waals surface area contributed by atoms with Gasteiger partial charge in [-0.3, -0.25) is 0 Å². The summed E-state index contributed by atoms with van der Waals surface area (Å²) in [5, 5.41) is 23.5. The van der Waals surface area contributed by atoms with Gasteiger partial charge in [0.15, 0.2) is 0 Å². The Hall–Kier alpha value is -6.88. The molecule has 0 saturated heterocycles. The molecule has 10 nitrogen and oxygen atoms in total. The summed E-state index contributed by atoms with van der Waals surface area (Å²) in [5.74, 6) is -6.80. The maximum Gasteiger partial charge on any atom is 0.573 e. The Morgan fingerprint density at radius 3 is 1.59 bits per heavy atom. The lowest BCUT2D eigenvalue weighted by molar-refractivity contribution is -0.274. The van der Waals surface area contributed by atoms with Crippen LogP contribution in [0.2, 0.25) is 5.02 Å². The molecule has 1 saturated carbocycles. The standard InChI is InChI=1S/C22H15F5N2O3.C19H13ClF2N2O3/c23-17-8-13(12-2-1-3-15(6-12)32-22(25,26)27)9-18(24)19(17)29-20-16(21(30)31)7-14(10-28-20)11-4-5-11;1-27-13-4-2-3-10(5-13)11-6-15(21)17(16(22)7-11)24-18-14(19(25)26)8-12(20)9-23-18/h1-3,6-11H,4-5H2,(H,28,29)(H,30,31);2-9H,1H3,(H,23,24)(H,25,26). The van der Waals surface area contributed by atoms with E-state index in [0.717, 1.165) is 60.9 Å². The molecule has 0 aliphatic heterocycles. The number of hydrogen-bond acceptors (Lipinski definition) is 8. The fourth-order valence-corrected chi connectivity index (χ4v) is 5.87. The Balaban J connectivity index is 0.000000201. The molecule has 0 radical (unpaired) electrons. The predicted octanol–water partition coefficient (Wildman–Crippen LogP) is 11.4. The van der Waals surface area contributed by atoms with Gasteiger partial charge in [-0.05, 0) is 107 Å². The zero-order valence-electron chi connectivity index (χ0n) is 30.2. The number of anilines is 4. The van der Waals surface area contributed by atoms with Crippen molar-refractivity contribution in [3.8, 4) is 33.8 Å². The summed E-state index contributed by atoms with van der Waals surface area (Å²) < 4.78 is 105. The number of carboxylic acids is 2. The Kier molecular flexibility index (Phi) is 12.3. The second-order valence-electron chi connectivity index (χ2n) is 12.8. The summed E-state index contributed by atoms with van der Waals surface area (Å²) in [7, 11) is 1.49. The normalized spacial score (nSPS) is 12.2. The third-order valence-corrected chi connectivity index (χ3v) is 8.85. The fourth-order valence-electron chi connectivity index (χ4n) is 5.72. The quantitative estimate of drug-likeness (QED) is 0.0931. The highest BCUT2D eigenvalue weighted by Gasteiger charge is 2.31. The SMILES string of the molecule is COc1cccc(-c2cc(F)c(Nc3ncc(Cl)cc3C(=O)O)c(F)c2)c1.O=C(O)c1cc(C2CC2)cnc1Nc1c(F)cc(-c2cccc(OC(F)(F)F)c2)cc1F. The number of carbonyl (C=O) groups is 2. The summed E-state index contributed by atoms with van der Waals surface area (Å²) in [6, 6.07) is 18.1. The Morgan fingerprint density at radius 2 is 1.14 bits per heavy atom. The van der Waals surface area contributed by atoms with Crippen LogP contribution >= 0.6 is 11.6 Å². The lowest BCUT2D eigenvalue weighted by atomic mass is 10.0. The van der Waals surface area contributed by atoms with Gasteiger partial charge in [0.1, 0.15) is 68.9 Å². The van der Waals surface area contributed by atoms with Crippen LogP contribution in [0.25, 0.3) is 22.3 Å². The van der Waals surface area contributed by atoms with Crippen LogP contribution in [0.15, 0.2) is 97.3 Å². The molecule has 0 bridgehead atoms. The van der Waals surface area contributed by atoms with Crippen molar-refractivity contribution in [2.45, 2.75) is 25.1 Å². The molecule has 0 spiro atoms. The molecule has 18 heteroatoms. The van der Waals surface area contributed by atoms with Crippen LogP contribution in [-0.4, -0.2) is 45.6 Å². The number of ether oxygens (including phenoxy) is 2. The molecule has 4 aromatic carbocycles. The number of aromatic nitrogens is 2. The van der Waals surface area contributed by atoms with Crippen molar-refractivity contribution >= 4 is 46.6 Å². The molecule has 1 aliphatic rings. The summed E-state index contributed by atoms with van der Waals surface area (Å²) in [5.41, 5.74) is -0.0170. The number of nitrogens with zero attached hydrogens (tertiary/aromatic N) is 2. The smallest absolute Gasteiger partial charge is 0.497 e. The monoisotopic (exact) mass is 840 g/mol. The second-order valence-corrected chi connectivity index (χ2v) is 13.2. The van der Waals surface area contributed by atoms with Crippen molar-refractivity contribution in [2.24, 2.45) is 0 Å². The molecule has 2 heterocycles. The van der Waals surface area contributed by atoms with Gasteiger partial charge in [-0.25, -0.2) is 37.1 Å². The van der Waals surface area contributed by atoms with Crippen molar-refractivity contribution in [1.82, 2.24) is 9.97 Å². The van der Waals surface area contributed by atoms with Crippen molar-refractivity contribution in [1.29, 1.82) is 0 Å². The summed E-state index contributed by atoms with van der Waals surface area (Å²) in [4.78, 5) is 30.7. The molecule has 59 heavy (non-hydrogen) atoms. The lowest BCUT2D eigenvalue weighted by Crippen LogP contribution is -2.17. The molecule has 304 valence electrons. The largest absolute Gasteiger partial charge is 0.573 e. The molecule has 7 rings (SSSR count). The molecule has 0 unspecified atom stereocenters. The highest BCUT2D eigenvalue weighted by atomic mass is 35.5. The number of nitrogens with one attached hydrogen (secondary N) is 2. The molecule has 1 fully saturated rings. The number of benzene rings is 4. The van der Waals surface area contributed by atoms with Crippen LogP contribution in [0.1, 0.15) is 45.0 Å². The van der Waals surface area contributed by atoms with Gasteiger partial charge in [0.05, 0.1) is 12.1 Å². The van der Waals surface area contributed by atoms with E-state index in [1.165, 1.54) is 37.7 Å². The van der Waals surface area contributed by atoms with Gasteiger partial charge in [-0.2, -0.15) is 0 Å². The van der Waals surface area contributed by atoms with E-state index in [2.05, 4.69) is 25.3 Å². The highest BCUT2D eigenvalue weighted by molar-refractivity contribution is 6.30. The number of hydrogen-bond donors (Lipinski definition) is 4. The molecular weight excluding hydrogens is 813 g/mol. The Morgan fingerprint density at radius 1 is 0.678 bits per heavy atom. The second kappa shape index (κ2) is 17.3. The van der Waals surface area contributed by atoms with Gasteiger partial charge in [0.2, 0.25) is 0 Å². The molecular formula is C41H28ClF7N4O6. The van der Waals surface area contributed by atoms with E-state index >= 15 is 0 Å². The average molecular weight is 841 g/mol. The maximum atomic E-state index is 14.7. The van der Waals surface area contributed by atoms with Crippen molar-refractivity contribution in [3.05, 3.63) is 142 Å². The number of alkyl halides is 3. The average Bonchev–Trinajstić information content (AvgIpc) is 4.04. The number of halogens is 8. The summed E-state index contributed by atoms with van der Waals surface area (Å²) in [6.45, 7) is 0. The third-order valence-electron chi connectivity index (χ3n) is 8.65. The zero-order chi connectivity index (χ0) is 42.6. The van der Waals surface area contributed by atoms with Gasteiger partial charge in [0, 0.05) is 12.4 Å². The molecule has 4 N–H and O–H groups in total. The van der Waals surface area contributed by atoms with E-state index in [1.807, 2.05) is 0 Å². The number of carboxylic acid groups (broad SMARTS) is 2. The first kappa shape index (κ1) is 41.7. The van der Waals surface area contributed by atoms with E-state index in [4.69, 9.17) is 16.3 Å². The van der Waals surface area contributed by atoms with Crippen molar-refractivity contribution < 1.29 is 60.0 Å². The van der Waals surface area contributed by atoms with E-state index in [0.29, 0.717) is 16.9 Å².